The molecular weight excluding hydrogens is 258 g/mol. The van der Waals surface area contributed by atoms with Gasteiger partial charge in [-0.1, -0.05) is 16.8 Å². The van der Waals surface area contributed by atoms with Crippen LogP contribution in [0.5, 0.6) is 11.5 Å². The predicted molar refractivity (Wildman–Crippen MR) is 63.5 cm³/mol. The monoisotopic (exact) mass is 267 g/mol. The lowest BCUT2D eigenvalue weighted by Crippen LogP contribution is -1.96. The number of benzene rings is 1. The molecule has 6 nitrogen and oxygen atoms in total. The maximum Gasteiger partial charge on any atom is 0.240 e. The van der Waals surface area contributed by atoms with Crippen molar-refractivity contribution in [3.8, 4) is 22.9 Å². The van der Waals surface area contributed by atoms with Gasteiger partial charge < -0.3 is 19.7 Å². The molecule has 18 heavy (non-hydrogen) atoms. The first-order valence-corrected chi connectivity index (χ1v) is 5.70. The fourth-order valence-corrected chi connectivity index (χ4v) is 2.02. The Bertz CT molecular complexity index is 612. The smallest absolute Gasteiger partial charge is 0.240 e. The lowest BCUT2D eigenvalue weighted by molar-refractivity contribution is 0.173. The third kappa shape index (κ3) is 1.61. The molecule has 3 rings (SSSR count). The van der Waals surface area contributed by atoms with Gasteiger partial charge in [0.15, 0.2) is 11.5 Å². The predicted octanol–water partition coefficient (Wildman–Crippen LogP) is 1.89. The molecule has 1 aromatic heterocycles. The van der Waals surface area contributed by atoms with Crippen molar-refractivity contribution in [3.63, 3.8) is 0 Å². The number of halogens is 1. The van der Waals surface area contributed by atoms with Crippen LogP contribution in [0.15, 0.2) is 10.6 Å². The average molecular weight is 268 g/mol. The van der Waals surface area contributed by atoms with Gasteiger partial charge in [0.2, 0.25) is 18.5 Å². The molecule has 0 spiro atoms. The lowest BCUT2D eigenvalue weighted by Gasteiger charge is -2.06. The topological polar surface area (TPSA) is 83.4 Å². The van der Waals surface area contributed by atoms with E-state index in [9.17, 15) is 0 Å². The zero-order valence-corrected chi connectivity index (χ0v) is 10.3. The maximum absolute atomic E-state index is 6.28. The summed E-state index contributed by atoms with van der Waals surface area (Å²) in [6.07, 6.45) is 0. The Kier molecular flexibility index (Phi) is 2.61. The van der Waals surface area contributed by atoms with Crippen LogP contribution in [0, 0.1) is 6.92 Å². The van der Waals surface area contributed by atoms with Gasteiger partial charge in [0.1, 0.15) is 0 Å². The van der Waals surface area contributed by atoms with E-state index in [1.807, 2.05) is 6.92 Å². The second kappa shape index (κ2) is 4.15. The summed E-state index contributed by atoms with van der Waals surface area (Å²) in [6, 6.07) is 1.74. The van der Waals surface area contributed by atoms with Gasteiger partial charge in [-0.15, -0.1) is 0 Å². The minimum absolute atomic E-state index is 0.189. The van der Waals surface area contributed by atoms with Crippen LogP contribution in [0.1, 0.15) is 11.5 Å². The van der Waals surface area contributed by atoms with Crippen LogP contribution in [-0.2, 0) is 6.54 Å². The van der Waals surface area contributed by atoms with Gasteiger partial charge in [0.25, 0.3) is 0 Å². The fraction of sp³-hybridized carbons (Fsp3) is 0.273. The highest BCUT2D eigenvalue weighted by atomic mass is 35.5. The summed E-state index contributed by atoms with van der Waals surface area (Å²) in [5.41, 5.74) is 6.86. The summed E-state index contributed by atoms with van der Waals surface area (Å²) in [5, 5.41) is 4.36. The Balaban J connectivity index is 2.15. The number of hydrogen-bond acceptors (Lipinski definition) is 6. The number of aromatic nitrogens is 2. The molecule has 2 heterocycles. The van der Waals surface area contributed by atoms with E-state index < -0.39 is 0 Å². The highest BCUT2D eigenvalue weighted by Crippen LogP contribution is 2.43. The number of nitrogens with zero attached hydrogens (tertiary/aromatic N) is 2. The molecule has 0 saturated heterocycles. The molecule has 2 aromatic rings. The van der Waals surface area contributed by atoms with Crippen molar-refractivity contribution in [3.05, 3.63) is 22.5 Å². The van der Waals surface area contributed by atoms with Gasteiger partial charge in [-0.3, -0.25) is 0 Å². The standard InChI is InChI=1S/C11H10ClN3O3/c1-5-9(12)6(2-7-10(5)17-4-16-7)11-14-8(3-13)18-15-11/h2H,3-4,13H2,1H3. The van der Waals surface area contributed by atoms with E-state index >= 15 is 0 Å². The Morgan fingerprint density at radius 1 is 1.44 bits per heavy atom. The van der Waals surface area contributed by atoms with Gasteiger partial charge in [-0.2, -0.15) is 4.98 Å². The number of ether oxygens (including phenoxy) is 2. The summed E-state index contributed by atoms with van der Waals surface area (Å²) in [7, 11) is 0. The Hall–Kier alpha value is -1.79. The quantitative estimate of drug-likeness (QED) is 0.894. The molecule has 0 bridgehead atoms. The third-order valence-corrected chi connectivity index (χ3v) is 3.19. The van der Waals surface area contributed by atoms with Crippen molar-refractivity contribution in [1.29, 1.82) is 0 Å². The molecular formula is C11H10ClN3O3. The van der Waals surface area contributed by atoms with Gasteiger partial charge in [-0.25, -0.2) is 0 Å². The fourth-order valence-electron chi connectivity index (χ4n) is 1.79. The third-order valence-electron chi connectivity index (χ3n) is 2.71. The molecule has 1 aliphatic rings. The molecule has 1 aromatic carbocycles. The van der Waals surface area contributed by atoms with Gasteiger partial charge >= 0.3 is 0 Å². The summed E-state index contributed by atoms with van der Waals surface area (Å²) in [5.74, 6) is 2.04. The highest BCUT2D eigenvalue weighted by Gasteiger charge is 2.23. The van der Waals surface area contributed by atoms with Gasteiger partial charge in [0.05, 0.1) is 11.6 Å². The molecule has 0 fully saturated rings. The Labute approximate surface area is 108 Å². The zero-order valence-electron chi connectivity index (χ0n) is 9.57. The molecule has 7 heteroatoms. The summed E-state index contributed by atoms with van der Waals surface area (Å²) < 4.78 is 15.6. The SMILES string of the molecule is Cc1c(Cl)c(-c2noc(CN)n2)cc2c1OCO2. The van der Waals surface area contributed by atoms with E-state index in [1.165, 1.54) is 0 Å². The van der Waals surface area contributed by atoms with E-state index in [4.69, 9.17) is 31.3 Å². The second-order valence-electron chi connectivity index (χ2n) is 3.81. The van der Waals surface area contributed by atoms with Gasteiger partial charge in [-0.05, 0) is 13.0 Å². The van der Waals surface area contributed by atoms with Crippen molar-refractivity contribution in [2.75, 3.05) is 6.79 Å². The van der Waals surface area contributed by atoms with E-state index in [2.05, 4.69) is 10.1 Å². The largest absolute Gasteiger partial charge is 0.454 e. The Morgan fingerprint density at radius 3 is 3.00 bits per heavy atom. The van der Waals surface area contributed by atoms with E-state index in [0.29, 0.717) is 33.8 Å². The normalized spacial score (nSPS) is 13.1. The number of hydrogen-bond donors (Lipinski definition) is 1. The molecule has 0 radical (unpaired) electrons. The molecule has 0 amide bonds. The molecule has 94 valence electrons. The van der Waals surface area contributed by atoms with Crippen molar-refractivity contribution in [2.24, 2.45) is 5.73 Å². The second-order valence-corrected chi connectivity index (χ2v) is 4.19. The number of rotatable bonds is 2. The molecule has 1 aliphatic heterocycles. The van der Waals surface area contributed by atoms with Crippen LogP contribution in [-0.4, -0.2) is 16.9 Å². The van der Waals surface area contributed by atoms with Crippen molar-refractivity contribution < 1.29 is 14.0 Å². The van der Waals surface area contributed by atoms with Crippen molar-refractivity contribution in [2.45, 2.75) is 13.5 Å². The highest BCUT2D eigenvalue weighted by molar-refractivity contribution is 6.34. The molecule has 0 atom stereocenters. The molecule has 0 unspecified atom stereocenters. The summed E-state index contributed by atoms with van der Waals surface area (Å²) >= 11 is 6.28. The lowest BCUT2D eigenvalue weighted by atomic mass is 10.1. The first kappa shape index (κ1) is 11.3. The molecule has 0 aliphatic carbocycles. The summed E-state index contributed by atoms with van der Waals surface area (Å²) in [6.45, 7) is 2.23. The maximum atomic E-state index is 6.28. The van der Waals surface area contributed by atoms with Crippen LogP contribution in [0.2, 0.25) is 5.02 Å². The Morgan fingerprint density at radius 2 is 2.28 bits per heavy atom. The van der Waals surface area contributed by atoms with Crippen molar-refractivity contribution >= 4 is 11.6 Å². The van der Waals surface area contributed by atoms with Crippen LogP contribution >= 0.6 is 11.6 Å². The van der Waals surface area contributed by atoms with Crippen LogP contribution in [0.25, 0.3) is 11.4 Å². The van der Waals surface area contributed by atoms with E-state index in [1.54, 1.807) is 6.07 Å². The first-order chi connectivity index (χ1) is 8.70. The minimum atomic E-state index is 0.189. The van der Waals surface area contributed by atoms with Crippen LogP contribution in [0.4, 0.5) is 0 Å². The zero-order chi connectivity index (χ0) is 12.7. The van der Waals surface area contributed by atoms with E-state index in [-0.39, 0.29) is 13.3 Å². The minimum Gasteiger partial charge on any atom is -0.454 e. The average Bonchev–Trinajstić information content (AvgIpc) is 3.01. The van der Waals surface area contributed by atoms with E-state index in [0.717, 1.165) is 5.56 Å². The van der Waals surface area contributed by atoms with Crippen molar-refractivity contribution in [1.82, 2.24) is 10.1 Å². The van der Waals surface area contributed by atoms with Gasteiger partial charge in [0, 0.05) is 11.1 Å². The number of fused-ring (bicyclic) bond motifs is 1. The number of nitrogens with two attached hydrogens (primary N) is 1. The van der Waals surface area contributed by atoms with Crippen LogP contribution < -0.4 is 15.2 Å². The molecule has 2 N–H and O–H groups in total. The summed E-state index contributed by atoms with van der Waals surface area (Å²) in [4.78, 5) is 4.14. The first-order valence-electron chi connectivity index (χ1n) is 5.32. The van der Waals surface area contributed by atoms with Crippen LogP contribution in [0.3, 0.4) is 0 Å². The molecule has 0 saturated carbocycles.